The summed E-state index contributed by atoms with van der Waals surface area (Å²) in [5, 5.41) is 20.3. The van der Waals surface area contributed by atoms with Crippen LogP contribution < -0.4 is 19.5 Å². The minimum Gasteiger partial charge on any atom is -0.489 e. The third-order valence-electron chi connectivity index (χ3n) is 10.7. The molecule has 0 saturated carbocycles. The second kappa shape index (κ2) is 16.8. The number of aryl methyl sites for hydroxylation is 1. The van der Waals surface area contributed by atoms with Crippen LogP contribution in [0.5, 0.6) is 17.2 Å². The number of halogens is 2. The van der Waals surface area contributed by atoms with Gasteiger partial charge in [-0.1, -0.05) is 65.7 Å². The van der Waals surface area contributed by atoms with Crippen LogP contribution in [0.2, 0.25) is 10.0 Å². The molecule has 2 aliphatic heterocycles. The maximum Gasteiger partial charge on any atom is 0.326 e. The van der Waals surface area contributed by atoms with Crippen molar-refractivity contribution >= 4 is 41.0 Å². The van der Waals surface area contributed by atoms with Gasteiger partial charge in [-0.05, 0) is 101 Å². The number of H-pyrrole nitrogens is 1. The van der Waals surface area contributed by atoms with E-state index >= 15 is 0 Å². The largest absolute Gasteiger partial charge is 0.489 e. The Bertz CT molecular complexity index is 2530. The summed E-state index contributed by atoms with van der Waals surface area (Å²) in [7, 11) is 0. The molecule has 1 unspecified atom stereocenters. The Kier molecular flexibility index (Phi) is 11.2. The van der Waals surface area contributed by atoms with Gasteiger partial charge < -0.3 is 29.5 Å². The fourth-order valence-electron chi connectivity index (χ4n) is 7.26. The summed E-state index contributed by atoms with van der Waals surface area (Å²) >= 11 is 12.2. The van der Waals surface area contributed by atoms with E-state index in [2.05, 4.69) is 25.5 Å². The van der Waals surface area contributed by atoms with Gasteiger partial charge in [0.05, 0.1) is 10.0 Å². The van der Waals surface area contributed by atoms with E-state index in [4.69, 9.17) is 37.4 Å². The number of amides is 2. The lowest BCUT2D eigenvalue weighted by Gasteiger charge is -2.37. The van der Waals surface area contributed by atoms with E-state index in [0.29, 0.717) is 33.9 Å². The first-order valence-corrected chi connectivity index (χ1v) is 19.6. The molecule has 2 amide bonds. The van der Waals surface area contributed by atoms with E-state index in [1.54, 1.807) is 18.3 Å². The summed E-state index contributed by atoms with van der Waals surface area (Å²) in [6.45, 7) is 4.53. The van der Waals surface area contributed by atoms with Crippen molar-refractivity contribution in [2.45, 2.75) is 58.0 Å². The number of pyridine rings is 1. The van der Waals surface area contributed by atoms with Crippen LogP contribution in [0.3, 0.4) is 0 Å². The number of hydrogen-bond donors (Lipinski definition) is 3. The van der Waals surface area contributed by atoms with Crippen molar-refractivity contribution in [2.24, 2.45) is 0 Å². The van der Waals surface area contributed by atoms with Gasteiger partial charge in [-0.25, -0.2) is 9.78 Å². The summed E-state index contributed by atoms with van der Waals surface area (Å²) in [5.41, 5.74) is 7.98. The molecule has 59 heavy (non-hydrogen) atoms. The van der Waals surface area contributed by atoms with E-state index in [1.165, 1.54) is 11.2 Å². The molecule has 2 aliphatic rings. The monoisotopic (exact) mass is 832 g/mol. The number of fused-ring (bicyclic) bond motifs is 2. The van der Waals surface area contributed by atoms with Crippen LogP contribution in [-0.2, 0) is 35.6 Å². The van der Waals surface area contributed by atoms with Crippen LogP contribution in [0.15, 0.2) is 97.5 Å². The Hall–Kier alpha value is -6.44. The van der Waals surface area contributed by atoms with Gasteiger partial charge in [0.25, 0.3) is 5.91 Å². The smallest absolute Gasteiger partial charge is 0.326 e. The number of nitrogens with one attached hydrogen (secondary N) is 2. The fourth-order valence-corrected chi connectivity index (χ4v) is 7.58. The molecule has 6 aromatic rings. The van der Waals surface area contributed by atoms with Gasteiger partial charge in [-0.15, -0.1) is 0 Å². The number of aromatic nitrogens is 4. The van der Waals surface area contributed by atoms with Crippen molar-refractivity contribution in [3.05, 3.63) is 152 Å². The van der Waals surface area contributed by atoms with E-state index in [0.717, 1.165) is 50.2 Å². The lowest BCUT2D eigenvalue weighted by molar-refractivity contribution is -0.142. The SMILES string of the molecule is Cc1nccc(-c2ccc(CC(NC(=O)[C@@H]3Cc4cc5c(cc4CN3C(=O)c3ncn[nH]3)O[C@@H](c3ccc(OCc4ccc(Cl)c(Cl)c4)cc3)CO5)C(=O)O)cc2)c1C. The topological polar surface area (TPSA) is 169 Å². The highest BCUT2D eigenvalue weighted by Crippen LogP contribution is 2.41. The number of ether oxygens (including phenoxy) is 3. The van der Waals surface area contributed by atoms with Gasteiger partial charge in [0.15, 0.2) is 17.6 Å². The Morgan fingerprint density at radius 1 is 0.932 bits per heavy atom. The molecule has 0 bridgehead atoms. The maximum atomic E-state index is 14.1. The summed E-state index contributed by atoms with van der Waals surface area (Å²) in [6, 6.07) is 23.7. The van der Waals surface area contributed by atoms with Gasteiger partial charge >= 0.3 is 5.97 Å². The summed E-state index contributed by atoms with van der Waals surface area (Å²) in [6.07, 6.45) is 2.67. The van der Waals surface area contributed by atoms with Crippen molar-refractivity contribution in [1.82, 2.24) is 30.4 Å². The molecule has 4 aromatic carbocycles. The average molecular weight is 834 g/mol. The van der Waals surface area contributed by atoms with E-state index in [9.17, 15) is 19.5 Å². The number of nitrogens with zero attached hydrogens (tertiary/aromatic N) is 4. The molecule has 15 heteroatoms. The lowest BCUT2D eigenvalue weighted by atomic mass is 9.92. The van der Waals surface area contributed by atoms with Gasteiger partial charge in [0.1, 0.15) is 37.4 Å². The van der Waals surface area contributed by atoms with Crippen LogP contribution >= 0.6 is 23.2 Å². The first-order valence-electron chi connectivity index (χ1n) is 18.8. The van der Waals surface area contributed by atoms with Gasteiger partial charge in [-0.2, -0.15) is 5.10 Å². The predicted molar refractivity (Wildman–Crippen MR) is 219 cm³/mol. The molecule has 8 rings (SSSR count). The average Bonchev–Trinajstić information content (AvgIpc) is 3.79. The number of hydrogen-bond acceptors (Lipinski definition) is 9. The molecule has 0 aliphatic carbocycles. The molecule has 13 nitrogen and oxygen atoms in total. The highest BCUT2D eigenvalue weighted by atomic mass is 35.5. The van der Waals surface area contributed by atoms with Crippen molar-refractivity contribution in [2.75, 3.05) is 6.61 Å². The highest BCUT2D eigenvalue weighted by Gasteiger charge is 2.39. The Morgan fingerprint density at radius 3 is 2.42 bits per heavy atom. The third-order valence-corrected chi connectivity index (χ3v) is 11.4. The maximum absolute atomic E-state index is 14.1. The first-order chi connectivity index (χ1) is 28.5. The molecular weight excluding hydrogens is 795 g/mol. The third kappa shape index (κ3) is 8.57. The van der Waals surface area contributed by atoms with Crippen molar-refractivity contribution in [3.8, 4) is 28.4 Å². The number of carboxylic acids is 1. The quantitative estimate of drug-likeness (QED) is 0.121. The molecule has 4 heterocycles. The van der Waals surface area contributed by atoms with Gasteiger partial charge in [0, 0.05) is 31.3 Å². The van der Waals surface area contributed by atoms with Gasteiger partial charge in [0.2, 0.25) is 11.7 Å². The number of rotatable bonds is 11. The van der Waals surface area contributed by atoms with Crippen molar-refractivity contribution < 1.29 is 33.7 Å². The number of aliphatic carboxylic acids is 1. The first kappa shape index (κ1) is 39.4. The van der Waals surface area contributed by atoms with E-state index in [1.807, 2.05) is 86.6 Å². The van der Waals surface area contributed by atoms with Crippen LogP contribution in [0.4, 0.5) is 0 Å². The van der Waals surface area contributed by atoms with Crippen LogP contribution in [-0.4, -0.2) is 66.6 Å². The van der Waals surface area contributed by atoms with Crippen LogP contribution in [0, 0.1) is 13.8 Å². The summed E-state index contributed by atoms with van der Waals surface area (Å²) < 4.78 is 18.6. The lowest BCUT2D eigenvalue weighted by Crippen LogP contribution is -2.56. The molecular formula is C44H38Cl2N6O7. The molecule has 3 atom stereocenters. The molecule has 0 fully saturated rings. The number of carbonyl (C=O) groups is 3. The number of aromatic amines is 1. The zero-order valence-corrected chi connectivity index (χ0v) is 33.5. The van der Waals surface area contributed by atoms with Crippen LogP contribution in [0.25, 0.3) is 11.1 Å². The standard InChI is InChI=1S/C44H38Cl2N6O7/c1-24-25(2)47-14-13-33(24)28-6-3-26(4-7-28)16-36(44(55)56)50-42(53)37-17-30-18-38-39(19-31(30)20-52(37)43(54)41-48-23-49-51-41)59-40(22-58-38)29-8-10-32(11-9-29)57-21-27-5-12-34(45)35(46)15-27/h3-15,18-19,23,36-37,40H,16-17,20-22H2,1-2H3,(H,50,53)(H,55,56)(H,48,49,51)/t36?,37-,40+/m0/s1. The number of carboxylic acid groups (broad SMARTS) is 1. The number of benzene rings is 4. The molecule has 0 spiro atoms. The van der Waals surface area contributed by atoms with E-state index < -0.39 is 36.0 Å². The molecule has 300 valence electrons. The summed E-state index contributed by atoms with van der Waals surface area (Å²) in [4.78, 5) is 50.1. The second-order valence-electron chi connectivity index (χ2n) is 14.4. The minimum absolute atomic E-state index is 0.0201. The molecule has 3 N–H and O–H groups in total. The number of carbonyl (C=O) groups excluding carboxylic acids is 2. The highest BCUT2D eigenvalue weighted by molar-refractivity contribution is 6.42. The molecule has 2 aromatic heterocycles. The normalized spacial score (nSPS) is 16.2. The van der Waals surface area contributed by atoms with Crippen molar-refractivity contribution in [3.63, 3.8) is 0 Å². The molecule has 0 radical (unpaired) electrons. The fraction of sp³-hybridized carbons (Fsp3) is 0.227. The zero-order valence-electron chi connectivity index (χ0n) is 31.9. The second-order valence-corrected chi connectivity index (χ2v) is 15.3. The summed E-state index contributed by atoms with van der Waals surface area (Å²) in [5.74, 6) is -0.784. The zero-order chi connectivity index (χ0) is 41.2. The van der Waals surface area contributed by atoms with Gasteiger partial charge in [-0.3, -0.25) is 19.7 Å². The van der Waals surface area contributed by atoms with Crippen LogP contribution in [0.1, 0.15) is 55.8 Å². The van der Waals surface area contributed by atoms with E-state index in [-0.39, 0.29) is 31.8 Å². The predicted octanol–water partition coefficient (Wildman–Crippen LogP) is 7.26. The minimum atomic E-state index is -1.26. The Labute approximate surface area is 349 Å². The Balaban J connectivity index is 0.970. The van der Waals surface area contributed by atoms with Crippen molar-refractivity contribution in [1.29, 1.82) is 0 Å². The Morgan fingerprint density at radius 2 is 1.69 bits per heavy atom. The molecule has 0 saturated heterocycles.